The van der Waals surface area contributed by atoms with Crippen molar-refractivity contribution in [1.82, 2.24) is 14.9 Å². The maximum Gasteiger partial charge on any atom is 0.229 e. The van der Waals surface area contributed by atoms with E-state index in [4.69, 9.17) is 16.3 Å². The number of nitrogens with one attached hydrogen (secondary N) is 2. The van der Waals surface area contributed by atoms with Gasteiger partial charge in [-0.2, -0.15) is 4.98 Å². The van der Waals surface area contributed by atoms with Crippen molar-refractivity contribution in [1.29, 1.82) is 0 Å². The fraction of sp³-hybridized carbons (Fsp3) is 0.500. The molecule has 0 spiro atoms. The number of anilines is 3. The van der Waals surface area contributed by atoms with Gasteiger partial charge in [0, 0.05) is 18.2 Å². The van der Waals surface area contributed by atoms with Crippen LogP contribution in [0.3, 0.4) is 0 Å². The molecule has 2 N–H and O–H groups in total. The van der Waals surface area contributed by atoms with Gasteiger partial charge in [-0.1, -0.05) is 23.7 Å². The van der Waals surface area contributed by atoms with Crippen LogP contribution in [0.25, 0.3) is 0 Å². The van der Waals surface area contributed by atoms with Gasteiger partial charge in [0.05, 0.1) is 19.4 Å². The van der Waals surface area contributed by atoms with Crippen LogP contribution >= 0.6 is 11.6 Å². The Hall–Kier alpha value is -1.89. The van der Waals surface area contributed by atoms with Gasteiger partial charge in [0.2, 0.25) is 5.95 Å². The van der Waals surface area contributed by atoms with Crippen LogP contribution in [0.1, 0.15) is 24.3 Å². The third-order valence-electron chi connectivity index (χ3n) is 5.37. The molecule has 1 aromatic carbocycles. The van der Waals surface area contributed by atoms with E-state index in [2.05, 4.69) is 56.8 Å². The summed E-state index contributed by atoms with van der Waals surface area (Å²) in [4.78, 5) is 11.2. The molecule has 144 valence electrons. The van der Waals surface area contributed by atoms with E-state index in [9.17, 15) is 0 Å². The molecule has 0 saturated carbocycles. The van der Waals surface area contributed by atoms with E-state index in [1.54, 1.807) is 6.20 Å². The molecule has 0 amide bonds. The van der Waals surface area contributed by atoms with Crippen LogP contribution < -0.4 is 10.6 Å². The third kappa shape index (κ3) is 4.69. The molecule has 1 aromatic heterocycles. The minimum absolute atomic E-state index is 0.526. The zero-order chi connectivity index (χ0) is 18.6. The quantitative estimate of drug-likeness (QED) is 0.787. The molecule has 2 fully saturated rings. The Morgan fingerprint density at radius 2 is 1.93 bits per heavy atom. The maximum atomic E-state index is 6.21. The Bertz CT molecular complexity index is 757. The second kappa shape index (κ2) is 8.42. The largest absolute Gasteiger partial charge is 0.381 e. The molecule has 7 heteroatoms. The second-order valence-corrected chi connectivity index (χ2v) is 7.91. The molecular weight excluding hydrogens is 362 g/mol. The van der Waals surface area contributed by atoms with Crippen LogP contribution in [-0.4, -0.2) is 54.8 Å². The first-order valence-corrected chi connectivity index (χ1v) is 9.95. The number of rotatable bonds is 6. The number of likely N-dealkylation sites (tertiary alicyclic amines) is 1. The van der Waals surface area contributed by atoms with E-state index in [1.165, 1.54) is 31.5 Å². The minimum Gasteiger partial charge on any atom is -0.381 e. The standard InChI is InChI=1S/C20H26ClN5O/c1-26-8-6-16(7-9-26)15-2-4-17(5-3-15)24-20-23-11-18(21)19(25-20)22-10-14-12-27-13-14/h2-5,11,14,16H,6-10,12-13H2,1H3,(H2,22,23,24,25). The predicted molar refractivity (Wildman–Crippen MR) is 109 cm³/mol. The van der Waals surface area contributed by atoms with E-state index in [0.717, 1.165) is 25.4 Å². The van der Waals surface area contributed by atoms with Gasteiger partial charge in [0.1, 0.15) is 5.02 Å². The average molecular weight is 388 g/mol. The SMILES string of the molecule is CN1CCC(c2ccc(Nc3ncc(Cl)c(NCC4COC4)n3)cc2)CC1. The molecule has 0 bridgehead atoms. The Labute approximate surface area is 165 Å². The lowest BCUT2D eigenvalue weighted by Gasteiger charge is -2.29. The summed E-state index contributed by atoms with van der Waals surface area (Å²) in [7, 11) is 2.19. The van der Waals surface area contributed by atoms with Crippen LogP contribution in [0, 0.1) is 5.92 Å². The fourth-order valence-electron chi connectivity index (χ4n) is 3.50. The zero-order valence-corrected chi connectivity index (χ0v) is 16.4. The number of ether oxygens (including phenoxy) is 1. The minimum atomic E-state index is 0.526. The smallest absolute Gasteiger partial charge is 0.229 e. The number of nitrogens with zero attached hydrogens (tertiary/aromatic N) is 3. The van der Waals surface area contributed by atoms with Crippen molar-refractivity contribution in [2.45, 2.75) is 18.8 Å². The number of hydrogen-bond donors (Lipinski definition) is 2. The predicted octanol–water partition coefficient (Wildman–Crippen LogP) is 3.74. The van der Waals surface area contributed by atoms with Crippen molar-refractivity contribution in [3.8, 4) is 0 Å². The molecule has 0 unspecified atom stereocenters. The highest BCUT2D eigenvalue weighted by Gasteiger charge is 2.19. The van der Waals surface area contributed by atoms with Gasteiger partial charge in [0.15, 0.2) is 5.82 Å². The lowest BCUT2D eigenvalue weighted by Crippen LogP contribution is -2.33. The van der Waals surface area contributed by atoms with Gasteiger partial charge in [-0.05, 0) is 56.6 Å². The highest BCUT2D eigenvalue weighted by molar-refractivity contribution is 6.32. The molecule has 0 radical (unpaired) electrons. The Balaban J connectivity index is 1.38. The van der Waals surface area contributed by atoms with E-state index in [-0.39, 0.29) is 0 Å². The van der Waals surface area contributed by atoms with E-state index in [0.29, 0.717) is 28.6 Å². The Kier molecular flexibility index (Phi) is 5.76. The number of halogens is 1. The first kappa shape index (κ1) is 18.5. The monoisotopic (exact) mass is 387 g/mol. The summed E-state index contributed by atoms with van der Waals surface area (Å²) in [6.07, 6.45) is 4.08. The Morgan fingerprint density at radius 1 is 1.19 bits per heavy atom. The first-order valence-electron chi connectivity index (χ1n) is 9.57. The van der Waals surface area contributed by atoms with Gasteiger partial charge < -0.3 is 20.3 Å². The summed E-state index contributed by atoms with van der Waals surface area (Å²) in [6.45, 7) is 4.74. The summed E-state index contributed by atoms with van der Waals surface area (Å²) in [6, 6.07) is 8.63. The maximum absolute atomic E-state index is 6.21. The van der Waals surface area contributed by atoms with E-state index < -0.39 is 0 Å². The van der Waals surface area contributed by atoms with Gasteiger partial charge in [-0.25, -0.2) is 4.98 Å². The lowest BCUT2D eigenvalue weighted by atomic mass is 9.89. The fourth-order valence-corrected chi connectivity index (χ4v) is 3.66. The van der Waals surface area contributed by atoms with Crippen LogP contribution in [0.2, 0.25) is 5.02 Å². The molecule has 6 nitrogen and oxygen atoms in total. The number of benzene rings is 1. The number of piperidine rings is 1. The van der Waals surface area contributed by atoms with Crippen molar-refractivity contribution in [3.63, 3.8) is 0 Å². The summed E-state index contributed by atoms with van der Waals surface area (Å²) >= 11 is 6.21. The van der Waals surface area contributed by atoms with Crippen LogP contribution in [0.5, 0.6) is 0 Å². The molecule has 3 heterocycles. The van der Waals surface area contributed by atoms with Crippen molar-refractivity contribution in [3.05, 3.63) is 41.0 Å². The highest BCUT2D eigenvalue weighted by atomic mass is 35.5. The van der Waals surface area contributed by atoms with Crippen LogP contribution in [0.15, 0.2) is 30.5 Å². The van der Waals surface area contributed by atoms with E-state index in [1.807, 2.05) is 0 Å². The topological polar surface area (TPSA) is 62.3 Å². The van der Waals surface area contributed by atoms with Gasteiger partial charge >= 0.3 is 0 Å². The van der Waals surface area contributed by atoms with Gasteiger partial charge in [0.25, 0.3) is 0 Å². The lowest BCUT2D eigenvalue weighted by molar-refractivity contribution is -0.0248. The summed E-state index contributed by atoms with van der Waals surface area (Å²) in [5, 5.41) is 7.09. The molecule has 4 rings (SSSR count). The molecule has 0 atom stereocenters. The highest BCUT2D eigenvalue weighted by Crippen LogP contribution is 2.29. The second-order valence-electron chi connectivity index (χ2n) is 7.50. The number of hydrogen-bond acceptors (Lipinski definition) is 6. The van der Waals surface area contributed by atoms with Crippen molar-refractivity contribution in [2.24, 2.45) is 5.92 Å². The molecule has 2 aliphatic rings. The summed E-state index contributed by atoms with van der Waals surface area (Å²) in [5.74, 6) is 2.38. The van der Waals surface area contributed by atoms with Crippen molar-refractivity contribution >= 4 is 29.1 Å². The Morgan fingerprint density at radius 3 is 2.59 bits per heavy atom. The zero-order valence-electron chi connectivity index (χ0n) is 15.6. The molecular formula is C20H26ClN5O. The first-order chi connectivity index (χ1) is 13.2. The van der Waals surface area contributed by atoms with Gasteiger partial charge in [-0.3, -0.25) is 0 Å². The molecule has 0 aliphatic carbocycles. The third-order valence-corrected chi connectivity index (χ3v) is 5.64. The van der Waals surface area contributed by atoms with Crippen molar-refractivity contribution in [2.75, 3.05) is 50.5 Å². The molecule has 2 saturated heterocycles. The van der Waals surface area contributed by atoms with E-state index >= 15 is 0 Å². The van der Waals surface area contributed by atoms with Gasteiger partial charge in [-0.15, -0.1) is 0 Å². The summed E-state index contributed by atoms with van der Waals surface area (Å²) < 4.78 is 5.19. The summed E-state index contributed by atoms with van der Waals surface area (Å²) in [5.41, 5.74) is 2.39. The average Bonchev–Trinajstić information content (AvgIpc) is 2.64. The molecule has 27 heavy (non-hydrogen) atoms. The number of aromatic nitrogens is 2. The molecule has 2 aromatic rings. The van der Waals surface area contributed by atoms with Crippen LogP contribution in [-0.2, 0) is 4.74 Å². The molecule has 2 aliphatic heterocycles. The van der Waals surface area contributed by atoms with Crippen LogP contribution in [0.4, 0.5) is 17.5 Å². The van der Waals surface area contributed by atoms with Crippen molar-refractivity contribution < 1.29 is 4.74 Å². The normalized spacial score (nSPS) is 18.9.